The molecule has 3 rings (SSSR count). The molecule has 0 fully saturated rings. The zero-order valence-electron chi connectivity index (χ0n) is 16.4. The minimum Gasteiger partial charge on any atom is -0.481 e. The van der Waals surface area contributed by atoms with Crippen LogP contribution >= 0.6 is 46.5 Å². The van der Waals surface area contributed by atoms with Gasteiger partial charge in [0, 0.05) is 16.3 Å². The lowest BCUT2D eigenvalue weighted by atomic mass is 10.2. The molecule has 3 aromatic rings. The number of hydrazone groups is 1. The molecule has 0 saturated carbocycles. The average Bonchev–Trinajstić information content (AvgIpc) is 3.24. The second-order valence-corrected chi connectivity index (χ2v) is 9.91. The molecule has 8 nitrogen and oxygen atoms in total. The van der Waals surface area contributed by atoms with Gasteiger partial charge >= 0.3 is 5.97 Å². The predicted octanol–water partition coefficient (Wildman–Crippen LogP) is 4.19. The van der Waals surface area contributed by atoms with Crippen molar-refractivity contribution in [1.82, 2.24) is 15.6 Å². The van der Waals surface area contributed by atoms with Crippen LogP contribution in [0.5, 0.6) is 5.75 Å². The molecule has 0 bridgehead atoms. The summed E-state index contributed by atoms with van der Waals surface area (Å²) in [6, 6.07) is 14.4. The Morgan fingerprint density at radius 1 is 1.12 bits per heavy atom. The number of halogens is 1. The molecule has 2 N–H and O–H groups in total. The van der Waals surface area contributed by atoms with Crippen molar-refractivity contribution in [1.29, 1.82) is 0 Å². The number of carboxylic acids is 1. The standard InChI is InChI=1S/C20H17ClN4O4S3/c21-15-7-5-13(6-8-15)11-30-19-24-25-20(32-19)31-12-17(26)23-22-9-14-3-1-2-4-16(14)29-10-18(27)28/h1-9H,10-12H2,(H,23,26)(H,27,28)/b22-9-. The molecule has 1 aromatic heterocycles. The largest absolute Gasteiger partial charge is 0.481 e. The Labute approximate surface area is 201 Å². The van der Waals surface area contributed by atoms with E-state index >= 15 is 0 Å². The van der Waals surface area contributed by atoms with E-state index in [1.165, 1.54) is 29.3 Å². The number of aromatic nitrogens is 2. The highest BCUT2D eigenvalue weighted by molar-refractivity contribution is 8.03. The fourth-order valence-corrected chi connectivity index (χ4v) is 5.13. The molecule has 0 saturated heterocycles. The third kappa shape index (κ3) is 8.15. The lowest BCUT2D eigenvalue weighted by molar-refractivity contribution is -0.139. The fourth-order valence-electron chi connectivity index (χ4n) is 2.23. The highest BCUT2D eigenvalue weighted by atomic mass is 35.5. The van der Waals surface area contributed by atoms with Gasteiger partial charge in [0.15, 0.2) is 15.3 Å². The van der Waals surface area contributed by atoms with Crippen LogP contribution in [0.4, 0.5) is 0 Å². The minimum absolute atomic E-state index is 0.130. The number of hydrogen-bond acceptors (Lipinski definition) is 9. The number of nitrogens with zero attached hydrogens (tertiary/aromatic N) is 3. The van der Waals surface area contributed by atoms with Gasteiger partial charge < -0.3 is 9.84 Å². The van der Waals surface area contributed by atoms with Gasteiger partial charge in [0.1, 0.15) is 5.75 Å². The summed E-state index contributed by atoms with van der Waals surface area (Å²) in [4.78, 5) is 22.7. The van der Waals surface area contributed by atoms with Crippen LogP contribution in [0, 0.1) is 0 Å². The molecule has 0 spiro atoms. The maximum Gasteiger partial charge on any atom is 0.341 e. The van der Waals surface area contributed by atoms with E-state index in [0.29, 0.717) is 20.7 Å². The molecular weight excluding hydrogens is 492 g/mol. The Bertz CT molecular complexity index is 1090. The number of carbonyl (C=O) groups excluding carboxylic acids is 1. The van der Waals surface area contributed by atoms with Crippen LogP contribution in [0.25, 0.3) is 0 Å². The number of hydrogen-bond donors (Lipinski definition) is 2. The molecule has 2 aromatic carbocycles. The number of ether oxygens (including phenoxy) is 1. The summed E-state index contributed by atoms with van der Waals surface area (Å²) in [6.45, 7) is -0.463. The summed E-state index contributed by atoms with van der Waals surface area (Å²) in [5.74, 6) is -0.139. The molecule has 1 heterocycles. The van der Waals surface area contributed by atoms with Crippen molar-refractivity contribution in [3.63, 3.8) is 0 Å². The van der Waals surface area contributed by atoms with Crippen LogP contribution in [0.15, 0.2) is 62.3 Å². The second-order valence-electron chi connectivity index (χ2n) is 6.05. The van der Waals surface area contributed by atoms with Gasteiger partial charge in [-0.15, -0.1) is 10.2 Å². The van der Waals surface area contributed by atoms with Crippen molar-refractivity contribution in [3.05, 3.63) is 64.7 Å². The van der Waals surface area contributed by atoms with E-state index in [-0.39, 0.29) is 11.7 Å². The van der Waals surface area contributed by atoms with Crippen molar-refractivity contribution in [2.75, 3.05) is 12.4 Å². The van der Waals surface area contributed by atoms with Gasteiger partial charge in [0.2, 0.25) is 0 Å². The third-order valence-corrected chi connectivity index (χ3v) is 7.17. The van der Waals surface area contributed by atoms with Gasteiger partial charge in [-0.05, 0) is 29.8 Å². The van der Waals surface area contributed by atoms with Gasteiger partial charge in [-0.2, -0.15) is 5.10 Å². The number of aliphatic carboxylic acids is 1. The molecule has 1 amide bonds. The first-order valence-electron chi connectivity index (χ1n) is 9.08. The van der Waals surface area contributed by atoms with Crippen molar-refractivity contribution in [3.8, 4) is 5.75 Å². The molecule has 0 aliphatic rings. The number of amides is 1. The van der Waals surface area contributed by atoms with Gasteiger partial charge in [-0.1, -0.05) is 70.7 Å². The topological polar surface area (TPSA) is 114 Å². The number of thioether (sulfide) groups is 2. The molecule has 166 valence electrons. The monoisotopic (exact) mass is 508 g/mol. The number of carboxylic acid groups (broad SMARTS) is 1. The van der Waals surface area contributed by atoms with Crippen molar-refractivity contribution >= 4 is 64.6 Å². The fraction of sp³-hybridized carbons (Fsp3) is 0.150. The summed E-state index contributed by atoms with van der Waals surface area (Å²) < 4.78 is 6.70. The highest BCUT2D eigenvalue weighted by Gasteiger charge is 2.09. The van der Waals surface area contributed by atoms with Crippen LogP contribution in [0.1, 0.15) is 11.1 Å². The highest BCUT2D eigenvalue weighted by Crippen LogP contribution is 2.30. The smallest absolute Gasteiger partial charge is 0.341 e. The number of nitrogens with one attached hydrogen (secondary N) is 1. The van der Waals surface area contributed by atoms with Crippen LogP contribution in [0.3, 0.4) is 0 Å². The van der Waals surface area contributed by atoms with E-state index in [0.717, 1.165) is 15.7 Å². The zero-order chi connectivity index (χ0) is 22.8. The average molecular weight is 509 g/mol. The van der Waals surface area contributed by atoms with E-state index in [1.807, 2.05) is 24.3 Å². The van der Waals surface area contributed by atoms with E-state index in [2.05, 4.69) is 20.7 Å². The van der Waals surface area contributed by atoms with Gasteiger partial charge in [0.25, 0.3) is 5.91 Å². The number of rotatable bonds is 11. The van der Waals surface area contributed by atoms with Crippen molar-refractivity contribution in [2.24, 2.45) is 5.10 Å². The number of carbonyl (C=O) groups is 2. The van der Waals surface area contributed by atoms with Crippen molar-refractivity contribution < 1.29 is 19.4 Å². The first-order valence-corrected chi connectivity index (χ1v) is 12.3. The quantitative estimate of drug-likeness (QED) is 0.225. The molecule has 0 atom stereocenters. The lowest BCUT2D eigenvalue weighted by Gasteiger charge is -2.06. The maximum absolute atomic E-state index is 12.0. The summed E-state index contributed by atoms with van der Waals surface area (Å²) >= 11 is 10.2. The zero-order valence-corrected chi connectivity index (χ0v) is 19.6. The SMILES string of the molecule is O=C(O)COc1ccccc1/C=N\NC(=O)CSc1nnc(SCc2ccc(Cl)cc2)s1. The Balaban J connectivity index is 1.42. The van der Waals surface area contributed by atoms with E-state index in [4.69, 9.17) is 21.4 Å². The summed E-state index contributed by atoms with van der Waals surface area (Å²) in [5, 5.41) is 21.6. The van der Waals surface area contributed by atoms with E-state index in [1.54, 1.807) is 36.0 Å². The van der Waals surface area contributed by atoms with Gasteiger partial charge in [-0.3, -0.25) is 4.79 Å². The summed E-state index contributed by atoms with van der Waals surface area (Å²) in [6.07, 6.45) is 1.40. The predicted molar refractivity (Wildman–Crippen MR) is 127 cm³/mol. The Kier molecular flexibility index (Phi) is 9.35. The van der Waals surface area contributed by atoms with Crippen molar-refractivity contribution in [2.45, 2.75) is 14.4 Å². The first-order chi connectivity index (χ1) is 15.5. The molecule has 12 heteroatoms. The van der Waals surface area contributed by atoms with Crippen LogP contribution in [-0.4, -0.2) is 45.8 Å². The summed E-state index contributed by atoms with van der Waals surface area (Å²) in [7, 11) is 0. The van der Waals surface area contributed by atoms with Crippen LogP contribution in [-0.2, 0) is 15.3 Å². The first kappa shape index (κ1) is 24.1. The normalized spacial score (nSPS) is 10.9. The molecule has 0 aliphatic heterocycles. The number of para-hydroxylation sites is 1. The summed E-state index contributed by atoms with van der Waals surface area (Å²) in [5.41, 5.74) is 4.11. The molecular formula is C20H17ClN4O4S3. The Hall–Kier alpha value is -2.60. The molecule has 0 unspecified atom stereocenters. The van der Waals surface area contributed by atoms with Gasteiger partial charge in [-0.25, -0.2) is 10.2 Å². The lowest BCUT2D eigenvalue weighted by Crippen LogP contribution is -2.19. The second kappa shape index (κ2) is 12.4. The Morgan fingerprint density at radius 3 is 2.59 bits per heavy atom. The third-order valence-electron chi connectivity index (χ3n) is 3.65. The van der Waals surface area contributed by atoms with Crippen LogP contribution < -0.4 is 10.2 Å². The van der Waals surface area contributed by atoms with E-state index in [9.17, 15) is 9.59 Å². The van der Waals surface area contributed by atoms with E-state index < -0.39 is 12.6 Å². The minimum atomic E-state index is -1.08. The van der Waals surface area contributed by atoms with Crippen LogP contribution in [0.2, 0.25) is 5.02 Å². The molecule has 0 radical (unpaired) electrons. The molecule has 32 heavy (non-hydrogen) atoms. The Morgan fingerprint density at radius 2 is 1.84 bits per heavy atom. The maximum atomic E-state index is 12.0. The number of benzene rings is 2. The van der Waals surface area contributed by atoms with Gasteiger partial charge in [0.05, 0.1) is 12.0 Å². The molecule has 0 aliphatic carbocycles.